The van der Waals surface area contributed by atoms with E-state index in [2.05, 4.69) is 15.2 Å². The molecule has 0 atom stereocenters. The van der Waals surface area contributed by atoms with E-state index in [0.717, 1.165) is 22.5 Å². The van der Waals surface area contributed by atoms with Gasteiger partial charge in [-0.3, -0.25) is 4.68 Å². The van der Waals surface area contributed by atoms with Gasteiger partial charge in [0.15, 0.2) is 11.6 Å². The van der Waals surface area contributed by atoms with Crippen LogP contribution < -0.4 is 0 Å². The summed E-state index contributed by atoms with van der Waals surface area (Å²) in [5.41, 5.74) is 4.00. The number of hydrogen-bond acceptors (Lipinski definition) is 5. The first kappa shape index (κ1) is 17.0. The largest absolute Gasteiger partial charge is 0.505 e. The van der Waals surface area contributed by atoms with E-state index in [9.17, 15) is 9.50 Å². The zero-order chi connectivity index (χ0) is 19.0. The average molecular weight is 364 g/mol. The molecule has 0 bridgehead atoms. The minimum Gasteiger partial charge on any atom is -0.505 e. The third-order valence-corrected chi connectivity index (χ3v) is 4.28. The fourth-order valence-electron chi connectivity index (χ4n) is 2.90. The molecule has 27 heavy (non-hydrogen) atoms. The van der Waals surface area contributed by atoms with Crippen molar-refractivity contribution >= 4 is 0 Å². The summed E-state index contributed by atoms with van der Waals surface area (Å²) in [6, 6.07) is 14.0. The lowest BCUT2D eigenvalue weighted by molar-refractivity contribution is 0.417. The second-order valence-corrected chi connectivity index (χ2v) is 6.34. The number of aromatic nitrogens is 4. The number of phenols is 1. The van der Waals surface area contributed by atoms with Crippen LogP contribution in [0.4, 0.5) is 4.39 Å². The Morgan fingerprint density at radius 2 is 1.89 bits per heavy atom. The first-order chi connectivity index (χ1) is 13.0. The highest BCUT2D eigenvalue weighted by Gasteiger charge is 2.16. The third-order valence-electron chi connectivity index (χ3n) is 4.28. The number of rotatable bonds is 4. The zero-order valence-corrected chi connectivity index (χ0v) is 14.8. The molecule has 0 aliphatic heterocycles. The monoisotopic (exact) mass is 364 g/mol. The van der Waals surface area contributed by atoms with Crippen LogP contribution in [0.3, 0.4) is 0 Å². The van der Waals surface area contributed by atoms with E-state index in [-0.39, 0.29) is 11.5 Å². The summed E-state index contributed by atoms with van der Waals surface area (Å²) in [6.07, 6.45) is 0. The quantitative estimate of drug-likeness (QED) is 0.590. The van der Waals surface area contributed by atoms with E-state index in [4.69, 9.17) is 4.52 Å². The van der Waals surface area contributed by atoms with E-state index in [0.29, 0.717) is 12.4 Å². The number of aromatic hydroxyl groups is 1. The molecule has 0 aliphatic carbocycles. The highest BCUT2D eigenvalue weighted by molar-refractivity contribution is 5.61. The lowest BCUT2D eigenvalue weighted by Gasteiger charge is -2.05. The number of hydrogen-bond donors (Lipinski definition) is 1. The number of nitrogens with zero attached hydrogens (tertiary/aromatic N) is 4. The first-order valence-corrected chi connectivity index (χ1v) is 8.43. The number of aryl methyl sites for hydroxylation is 2. The van der Waals surface area contributed by atoms with E-state index in [1.165, 1.54) is 18.2 Å². The van der Waals surface area contributed by atoms with E-state index >= 15 is 0 Å². The smallest absolute Gasteiger partial charge is 0.261 e. The van der Waals surface area contributed by atoms with Gasteiger partial charge in [-0.25, -0.2) is 4.39 Å². The van der Waals surface area contributed by atoms with Gasteiger partial charge in [-0.1, -0.05) is 35.5 Å². The van der Waals surface area contributed by atoms with Gasteiger partial charge in [0.2, 0.25) is 5.82 Å². The average Bonchev–Trinajstić information content (AvgIpc) is 3.25. The molecule has 2 aromatic carbocycles. The molecule has 0 aliphatic rings. The van der Waals surface area contributed by atoms with Crippen LogP contribution in [0.5, 0.6) is 5.75 Å². The van der Waals surface area contributed by atoms with Crippen LogP contribution in [0.1, 0.15) is 17.0 Å². The lowest BCUT2D eigenvalue weighted by Crippen LogP contribution is -2.03. The maximum atomic E-state index is 14.0. The maximum absolute atomic E-state index is 14.0. The van der Waals surface area contributed by atoms with Crippen LogP contribution >= 0.6 is 0 Å². The Bertz CT molecular complexity index is 1100. The number of halogens is 1. The maximum Gasteiger partial charge on any atom is 0.261 e. The van der Waals surface area contributed by atoms with Crippen molar-refractivity contribution < 1.29 is 14.0 Å². The number of phenolic OH excluding ortho intramolecular Hbond substituents is 1. The molecule has 0 saturated carbocycles. The van der Waals surface area contributed by atoms with Crippen LogP contribution in [-0.2, 0) is 6.54 Å². The van der Waals surface area contributed by atoms with Gasteiger partial charge in [-0.15, -0.1) is 0 Å². The molecule has 0 fully saturated rings. The van der Waals surface area contributed by atoms with Crippen LogP contribution in [0.15, 0.2) is 53.1 Å². The summed E-state index contributed by atoms with van der Waals surface area (Å²) in [7, 11) is 0. The molecule has 2 aromatic heterocycles. The van der Waals surface area contributed by atoms with Gasteiger partial charge < -0.3 is 9.63 Å². The summed E-state index contributed by atoms with van der Waals surface area (Å²) < 4.78 is 21.1. The first-order valence-electron chi connectivity index (χ1n) is 8.43. The molecule has 4 rings (SSSR count). The molecular weight excluding hydrogens is 347 g/mol. The van der Waals surface area contributed by atoms with Gasteiger partial charge in [0.1, 0.15) is 0 Å². The van der Waals surface area contributed by atoms with Gasteiger partial charge in [0.25, 0.3) is 5.89 Å². The van der Waals surface area contributed by atoms with Crippen molar-refractivity contribution in [3.63, 3.8) is 0 Å². The molecule has 2 heterocycles. The molecular formula is C20H17FN4O2. The van der Waals surface area contributed by atoms with Gasteiger partial charge in [0, 0.05) is 11.3 Å². The van der Waals surface area contributed by atoms with Gasteiger partial charge in [0.05, 0.1) is 17.8 Å². The highest BCUT2D eigenvalue weighted by Crippen LogP contribution is 2.28. The molecule has 1 N–H and O–H groups in total. The molecule has 4 aromatic rings. The molecule has 0 radical (unpaired) electrons. The topological polar surface area (TPSA) is 77.0 Å². The Morgan fingerprint density at radius 1 is 1.11 bits per heavy atom. The van der Waals surface area contributed by atoms with Crippen molar-refractivity contribution in [2.45, 2.75) is 20.4 Å². The second-order valence-electron chi connectivity index (χ2n) is 6.34. The van der Waals surface area contributed by atoms with E-state index in [1.54, 1.807) is 0 Å². The van der Waals surface area contributed by atoms with Crippen molar-refractivity contribution in [1.82, 2.24) is 19.9 Å². The Balaban J connectivity index is 1.57. The molecule has 0 saturated heterocycles. The van der Waals surface area contributed by atoms with Crippen LogP contribution in [0.25, 0.3) is 22.8 Å². The predicted molar refractivity (Wildman–Crippen MR) is 97.6 cm³/mol. The van der Waals surface area contributed by atoms with Crippen LogP contribution in [0.2, 0.25) is 0 Å². The Kier molecular flexibility index (Phi) is 4.19. The van der Waals surface area contributed by atoms with Crippen molar-refractivity contribution in [2.24, 2.45) is 0 Å². The summed E-state index contributed by atoms with van der Waals surface area (Å²) in [4.78, 5) is 4.24. The minimum atomic E-state index is -0.784. The predicted octanol–water partition coefficient (Wildman–Crippen LogP) is 4.11. The summed E-state index contributed by atoms with van der Waals surface area (Å²) >= 11 is 0. The normalized spacial score (nSPS) is 11.1. The molecule has 136 valence electrons. The minimum absolute atomic E-state index is 0.0186. The fraction of sp³-hybridized carbons (Fsp3) is 0.150. The third kappa shape index (κ3) is 3.31. The Morgan fingerprint density at radius 3 is 2.59 bits per heavy atom. The van der Waals surface area contributed by atoms with Crippen LogP contribution in [0, 0.1) is 19.7 Å². The van der Waals surface area contributed by atoms with Crippen molar-refractivity contribution in [3.8, 4) is 28.6 Å². The summed E-state index contributed by atoms with van der Waals surface area (Å²) in [5.74, 6) is -0.871. The molecule has 6 nitrogen and oxygen atoms in total. The van der Waals surface area contributed by atoms with E-state index < -0.39 is 11.6 Å². The fourth-order valence-corrected chi connectivity index (χ4v) is 2.90. The Labute approximate surface area is 154 Å². The van der Waals surface area contributed by atoms with Gasteiger partial charge in [-0.05, 0) is 37.6 Å². The van der Waals surface area contributed by atoms with E-state index in [1.807, 2.05) is 48.9 Å². The van der Waals surface area contributed by atoms with Gasteiger partial charge >= 0.3 is 0 Å². The molecule has 0 unspecified atom stereocenters. The van der Waals surface area contributed by atoms with Crippen LogP contribution in [-0.4, -0.2) is 25.0 Å². The zero-order valence-electron chi connectivity index (χ0n) is 14.8. The standard InChI is InChI=1S/C20H17FN4O2/c1-12-10-13(2)25(23-12)11-14-6-8-15(9-7-14)19-22-20(27-24-19)16-4-3-5-17(26)18(16)21/h3-10,26H,11H2,1-2H3. The molecule has 0 amide bonds. The molecule has 0 spiro atoms. The van der Waals surface area contributed by atoms with Crippen molar-refractivity contribution in [3.05, 3.63) is 71.3 Å². The van der Waals surface area contributed by atoms with Crippen molar-refractivity contribution in [2.75, 3.05) is 0 Å². The number of benzene rings is 2. The highest BCUT2D eigenvalue weighted by atomic mass is 19.1. The lowest BCUT2D eigenvalue weighted by atomic mass is 10.1. The molecule has 7 heteroatoms. The second kappa shape index (κ2) is 6.68. The SMILES string of the molecule is Cc1cc(C)n(Cc2ccc(-c3noc(-c4cccc(O)c4F)n3)cc2)n1. The summed E-state index contributed by atoms with van der Waals surface area (Å²) in [6.45, 7) is 4.66. The Hall–Kier alpha value is -3.48. The summed E-state index contributed by atoms with van der Waals surface area (Å²) in [5, 5.41) is 17.9. The van der Waals surface area contributed by atoms with Gasteiger partial charge in [-0.2, -0.15) is 10.1 Å². The van der Waals surface area contributed by atoms with Crippen molar-refractivity contribution in [1.29, 1.82) is 0 Å².